The smallest absolute Gasteiger partial charge is 0.316 e. The lowest BCUT2D eigenvalue weighted by atomic mass is 10.0. The Labute approximate surface area is 90.1 Å². The van der Waals surface area contributed by atoms with Crippen LogP contribution in [0.15, 0.2) is 22.7 Å². The van der Waals surface area contributed by atoms with E-state index in [-0.39, 0.29) is 11.9 Å². The maximum atomic E-state index is 11.4. The molecule has 14 heavy (non-hydrogen) atoms. The largest absolute Gasteiger partial charge is 0.492 e. The second kappa shape index (κ2) is 3.61. The number of halogens is 1. The molecule has 4 heteroatoms. The fraction of sp³-hybridized carbons (Fsp3) is 0.300. The van der Waals surface area contributed by atoms with Gasteiger partial charge in [-0.25, -0.2) is 0 Å². The quantitative estimate of drug-likeness (QED) is 0.723. The van der Waals surface area contributed by atoms with E-state index in [2.05, 4.69) is 15.9 Å². The highest BCUT2D eigenvalue weighted by atomic mass is 79.9. The number of rotatable bonds is 1. The van der Waals surface area contributed by atoms with Crippen molar-refractivity contribution in [3.8, 4) is 5.75 Å². The summed E-state index contributed by atoms with van der Waals surface area (Å²) in [7, 11) is 1.39. The fourth-order valence-corrected chi connectivity index (χ4v) is 1.90. The summed E-state index contributed by atoms with van der Waals surface area (Å²) in [5.41, 5.74) is 0.895. The van der Waals surface area contributed by atoms with E-state index in [1.165, 1.54) is 7.11 Å². The van der Waals surface area contributed by atoms with Gasteiger partial charge in [-0.15, -0.1) is 0 Å². The van der Waals surface area contributed by atoms with Crippen LogP contribution in [0, 0.1) is 0 Å². The second-order valence-corrected chi connectivity index (χ2v) is 3.98. The zero-order valence-corrected chi connectivity index (χ0v) is 9.21. The van der Waals surface area contributed by atoms with Crippen LogP contribution in [0.1, 0.15) is 11.5 Å². The summed E-state index contributed by atoms with van der Waals surface area (Å²) in [6.07, 6.45) is 0. The van der Waals surface area contributed by atoms with Gasteiger partial charge in [-0.1, -0.05) is 15.9 Å². The van der Waals surface area contributed by atoms with Crippen LogP contribution in [0.25, 0.3) is 0 Å². The summed E-state index contributed by atoms with van der Waals surface area (Å²) < 4.78 is 11.0. The minimum atomic E-state index is -0.285. The Kier molecular flexibility index (Phi) is 2.46. The Hall–Kier alpha value is -1.03. The van der Waals surface area contributed by atoms with Crippen LogP contribution < -0.4 is 4.74 Å². The van der Waals surface area contributed by atoms with E-state index in [1.807, 2.05) is 18.2 Å². The summed E-state index contributed by atoms with van der Waals surface area (Å²) >= 11 is 3.36. The van der Waals surface area contributed by atoms with Crippen LogP contribution >= 0.6 is 15.9 Å². The number of esters is 1. The van der Waals surface area contributed by atoms with Crippen molar-refractivity contribution in [2.75, 3.05) is 13.7 Å². The Bertz CT molecular complexity index is 376. The average molecular weight is 257 g/mol. The molecule has 1 aromatic carbocycles. The third-order valence-corrected chi connectivity index (χ3v) is 2.73. The summed E-state index contributed by atoms with van der Waals surface area (Å²) in [5, 5.41) is 0. The normalized spacial score (nSPS) is 18.6. The van der Waals surface area contributed by atoms with Crippen LogP contribution in [0.2, 0.25) is 0 Å². The number of hydrogen-bond donors (Lipinski definition) is 0. The Morgan fingerprint density at radius 1 is 1.64 bits per heavy atom. The molecule has 0 spiro atoms. The average Bonchev–Trinajstić information content (AvgIpc) is 2.59. The molecule has 0 saturated heterocycles. The molecule has 1 unspecified atom stereocenters. The highest BCUT2D eigenvalue weighted by Gasteiger charge is 2.31. The Morgan fingerprint density at radius 2 is 2.43 bits per heavy atom. The van der Waals surface area contributed by atoms with E-state index >= 15 is 0 Å². The van der Waals surface area contributed by atoms with E-state index < -0.39 is 0 Å². The van der Waals surface area contributed by atoms with Crippen LogP contribution in [0.5, 0.6) is 5.75 Å². The highest BCUT2D eigenvalue weighted by molar-refractivity contribution is 9.10. The Morgan fingerprint density at radius 3 is 3.14 bits per heavy atom. The molecule has 0 aromatic heterocycles. The standard InChI is InChI=1S/C10H9BrO3/c1-13-10(12)8-5-14-9-3-2-6(11)4-7(8)9/h2-4,8H,5H2,1H3. The molecule has 0 radical (unpaired) electrons. The van der Waals surface area contributed by atoms with Gasteiger partial charge >= 0.3 is 5.97 Å². The predicted octanol–water partition coefficient (Wildman–Crippen LogP) is 2.10. The summed E-state index contributed by atoms with van der Waals surface area (Å²) in [6, 6.07) is 5.63. The van der Waals surface area contributed by atoms with Crippen molar-refractivity contribution in [1.29, 1.82) is 0 Å². The van der Waals surface area contributed by atoms with Crippen molar-refractivity contribution in [2.45, 2.75) is 5.92 Å². The molecular formula is C10H9BrO3. The van der Waals surface area contributed by atoms with Crippen molar-refractivity contribution < 1.29 is 14.3 Å². The van der Waals surface area contributed by atoms with Crippen molar-refractivity contribution in [3.05, 3.63) is 28.2 Å². The maximum absolute atomic E-state index is 11.4. The van der Waals surface area contributed by atoms with E-state index in [0.29, 0.717) is 6.61 Å². The topological polar surface area (TPSA) is 35.5 Å². The first-order chi connectivity index (χ1) is 6.72. The minimum absolute atomic E-state index is 0.248. The number of methoxy groups -OCH3 is 1. The second-order valence-electron chi connectivity index (χ2n) is 3.07. The molecule has 0 aliphatic carbocycles. The number of carbonyl (C=O) groups is 1. The first-order valence-corrected chi connectivity index (χ1v) is 5.01. The van der Waals surface area contributed by atoms with Gasteiger partial charge in [0.15, 0.2) is 0 Å². The van der Waals surface area contributed by atoms with Crippen LogP contribution in [-0.2, 0) is 9.53 Å². The van der Waals surface area contributed by atoms with Gasteiger partial charge in [0.25, 0.3) is 0 Å². The number of carbonyl (C=O) groups excluding carboxylic acids is 1. The van der Waals surface area contributed by atoms with Crippen LogP contribution in [0.4, 0.5) is 0 Å². The monoisotopic (exact) mass is 256 g/mol. The molecule has 1 aliphatic heterocycles. The highest BCUT2D eigenvalue weighted by Crippen LogP contribution is 2.36. The van der Waals surface area contributed by atoms with Crippen LogP contribution in [0.3, 0.4) is 0 Å². The SMILES string of the molecule is COC(=O)C1COc2ccc(Br)cc21. The van der Waals surface area contributed by atoms with Crippen molar-refractivity contribution in [2.24, 2.45) is 0 Å². The van der Waals surface area contributed by atoms with Gasteiger partial charge in [0.05, 0.1) is 7.11 Å². The predicted molar refractivity (Wildman–Crippen MR) is 54.4 cm³/mol. The molecular weight excluding hydrogens is 248 g/mol. The minimum Gasteiger partial charge on any atom is -0.492 e. The van der Waals surface area contributed by atoms with Gasteiger partial charge in [0.2, 0.25) is 0 Å². The number of hydrogen-bond acceptors (Lipinski definition) is 3. The maximum Gasteiger partial charge on any atom is 0.316 e. The third-order valence-electron chi connectivity index (χ3n) is 2.24. The number of fused-ring (bicyclic) bond motifs is 1. The van der Waals surface area contributed by atoms with E-state index in [0.717, 1.165) is 15.8 Å². The number of benzene rings is 1. The van der Waals surface area contributed by atoms with Gasteiger partial charge in [0, 0.05) is 10.0 Å². The van der Waals surface area contributed by atoms with Crippen molar-refractivity contribution >= 4 is 21.9 Å². The van der Waals surface area contributed by atoms with Crippen molar-refractivity contribution in [1.82, 2.24) is 0 Å². The molecule has 74 valence electrons. The molecule has 3 nitrogen and oxygen atoms in total. The first kappa shape index (κ1) is 9.52. The zero-order valence-electron chi connectivity index (χ0n) is 7.62. The fourth-order valence-electron chi connectivity index (χ4n) is 1.52. The summed E-state index contributed by atoms with van der Waals surface area (Å²) in [4.78, 5) is 11.4. The molecule has 2 rings (SSSR count). The summed E-state index contributed by atoms with van der Waals surface area (Å²) in [5.74, 6) is 0.234. The van der Waals surface area contributed by atoms with E-state index in [1.54, 1.807) is 0 Å². The molecule has 1 aliphatic rings. The van der Waals surface area contributed by atoms with Crippen LogP contribution in [-0.4, -0.2) is 19.7 Å². The molecule has 1 heterocycles. The van der Waals surface area contributed by atoms with Gasteiger partial charge in [-0.05, 0) is 18.2 Å². The summed E-state index contributed by atoms with van der Waals surface area (Å²) in [6.45, 7) is 0.373. The first-order valence-electron chi connectivity index (χ1n) is 4.22. The Balaban J connectivity index is 2.38. The van der Waals surface area contributed by atoms with Gasteiger partial charge < -0.3 is 9.47 Å². The lowest BCUT2D eigenvalue weighted by Gasteiger charge is -2.05. The molecule has 1 atom stereocenters. The van der Waals surface area contributed by atoms with E-state index in [4.69, 9.17) is 9.47 Å². The zero-order chi connectivity index (χ0) is 10.1. The molecule has 0 N–H and O–H groups in total. The van der Waals surface area contributed by atoms with Crippen molar-refractivity contribution in [3.63, 3.8) is 0 Å². The number of ether oxygens (including phenoxy) is 2. The van der Waals surface area contributed by atoms with Gasteiger partial charge in [0.1, 0.15) is 18.3 Å². The molecule has 1 aromatic rings. The molecule has 0 bridgehead atoms. The lowest BCUT2D eigenvalue weighted by Crippen LogP contribution is -2.15. The van der Waals surface area contributed by atoms with Gasteiger partial charge in [-0.3, -0.25) is 4.79 Å². The molecule has 0 saturated carbocycles. The lowest BCUT2D eigenvalue weighted by molar-refractivity contribution is -0.142. The third kappa shape index (κ3) is 1.50. The molecule has 0 fully saturated rings. The van der Waals surface area contributed by atoms with E-state index in [9.17, 15) is 4.79 Å². The molecule has 0 amide bonds. The van der Waals surface area contributed by atoms with Gasteiger partial charge in [-0.2, -0.15) is 0 Å².